The largest absolute Gasteiger partial charge is 0.465 e. The van der Waals surface area contributed by atoms with Crippen LogP contribution in [0.3, 0.4) is 0 Å². The summed E-state index contributed by atoms with van der Waals surface area (Å²) in [4.78, 5) is 14.0. The highest BCUT2D eigenvalue weighted by Gasteiger charge is 2.29. The van der Waals surface area contributed by atoms with Gasteiger partial charge in [0.2, 0.25) is 0 Å². The van der Waals surface area contributed by atoms with Gasteiger partial charge < -0.3 is 5.11 Å². The van der Waals surface area contributed by atoms with E-state index in [0.29, 0.717) is 6.54 Å². The van der Waals surface area contributed by atoms with Gasteiger partial charge in [0.15, 0.2) is 0 Å². The Morgan fingerprint density at radius 1 is 1.64 bits per heavy atom. The van der Waals surface area contributed by atoms with Gasteiger partial charge >= 0.3 is 6.09 Å². The molecule has 0 aromatic heterocycles. The molecule has 4 heteroatoms. The minimum absolute atomic E-state index is 0.0903. The predicted octanol–water partition coefficient (Wildman–Crippen LogP) is 0.648. The number of hydrogen-bond acceptors (Lipinski definition) is 2. The van der Waals surface area contributed by atoms with Crippen molar-refractivity contribution in [2.24, 2.45) is 0 Å². The first-order valence-corrected chi connectivity index (χ1v) is 3.79. The van der Waals surface area contributed by atoms with Crippen molar-refractivity contribution in [1.82, 2.24) is 9.80 Å². The highest BCUT2D eigenvalue weighted by molar-refractivity contribution is 5.65. The zero-order chi connectivity index (χ0) is 8.43. The van der Waals surface area contributed by atoms with Crippen LogP contribution in [0.25, 0.3) is 0 Å². The van der Waals surface area contributed by atoms with Gasteiger partial charge in [-0.1, -0.05) is 0 Å². The van der Waals surface area contributed by atoms with E-state index in [1.54, 1.807) is 0 Å². The fourth-order valence-electron chi connectivity index (χ4n) is 1.51. The van der Waals surface area contributed by atoms with Gasteiger partial charge in [-0.2, -0.15) is 0 Å². The van der Waals surface area contributed by atoms with Crippen LogP contribution < -0.4 is 0 Å². The van der Waals surface area contributed by atoms with Gasteiger partial charge in [-0.25, -0.2) is 4.79 Å². The molecule has 11 heavy (non-hydrogen) atoms. The molecular weight excluding hydrogens is 144 g/mol. The average molecular weight is 158 g/mol. The molecule has 0 spiro atoms. The summed E-state index contributed by atoms with van der Waals surface area (Å²) in [5, 5.41) is 8.73. The van der Waals surface area contributed by atoms with Crippen molar-refractivity contribution in [3.8, 4) is 0 Å². The molecule has 64 valence electrons. The van der Waals surface area contributed by atoms with E-state index in [9.17, 15) is 4.79 Å². The molecule has 1 heterocycles. The molecule has 1 saturated heterocycles. The number of rotatable bonds is 1. The number of amides is 1. The Morgan fingerprint density at radius 2 is 2.27 bits per heavy atom. The Bertz CT molecular complexity index is 159. The van der Waals surface area contributed by atoms with E-state index in [1.807, 2.05) is 19.0 Å². The SMILES string of the molecule is CN(C)[C@H]1CCCN1C(=O)O. The first-order chi connectivity index (χ1) is 5.13. The Morgan fingerprint density at radius 3 is 2.64 bits per heavy atom. The van der Waals surface area contributed by atoms with Gasteiger partial charge in [-0.3, -0.25) is 9.80 Å². The zero-order valence-corrected chi connectivity index (χ0v) is 6.95. The summed E-state index contributed by atoms with van der Waals surface area (Å²) in [5.74, 6) is 0. The summed E-state index contributed by atoms with van der Waals surface area (Å²) in [6.07, 6.45) is 1.22. The molecule has 4 nitrogen and oxygen atoms in total. The summed E-state index contributed by atoms with van der Waals surface area (Å²) in [5.41, 5.74) is 0. The molecule has 0 aromatic carbocycles. The molecule has 0 aromatic rings. The zero-order valence-electron chi connectivity index (χ0n) is 6.95. The minimum Gasteiger partial charge on any atom is -0.465 e. The second kappa shape index (κ2) is 3.09. The molecule has 1 aliphatic heterocycles. The smallest absolute Gasteiger partial charge is 0.408 e. The first-order valence-electron chi connectivity index (χ1n) is 3.79. The van der Waals surface area contributed by atoms with Crippen LogP contribution in [0.2, 0.25) is 0 Å². The molecule has 0 saturated carbocycles. The number of carbonyl (C=O) groups is 1. The van der Waals surface area contributed by atoms with Crippen LogP contribution >= 0.6 is 0 Å². The topological polar surface area (TPSA) is 43.8 Å². The predicted molar refractivity (Wildman–Crippen MR) is 41.4 cm³/mol. The molecule has 0 radical (unpaired) electrons. The monoisotopic (exact) mass is 158 g/mol. The van der Waals surface area contributed by atoms with Crippen LogP contribution in [-0.2, 0) is 0 Å². The van der Waals surface area contributed by atoms with Crippen molar-refractivity contribution >= 4 is 6.09 Å². The Labute approximate surface area is 66.4 Å². The maximum atomic E-state index is 10.6. The van der Waals surface area contributed by atoms with Crippen molar-refractivity contribution in [2.75, 3.05) is 20.6 Å². The van der Waals surface area contributed by atoms with E-state index in [2.05, 4.69) is 0 Å². The van der Waals surface area contributed by atoms with Gasteiger partial charge in [0.25, 0.3) is 0 Å². The maximum Gasteiger partial charge on any atom is 0.408 e. The third kappa shape index (κ3) is 1.63. The lowest BCUT2D eigenvalue weighted by atomic mass is 10.3. The third-order valence-electron chi connectivity index (χ3n) is 2.06. The highest BCUT2D eigenvalue weighted by Crippen LogP contribution is 2.18. The lowest BCUT2D eigenvalue weighted by Gasteiger charge is -2.27. The second-order valence-electron chi connectivity index (χ2n) is 3.06. The fraction of sp³-hybridized carbons (Fsp3) is 0.857. The molecular formula is C7H14N2O2. The lowest BCUT2D eigenvalue weighted by molar-refractivity contribution is 0.0960. The van der Waals surface area contributed by atoms with E-state index in [4.69, 9.17) is 5.11 Å². The molecule has 1 aliphatic rings. The Hall–Kier alpha value is -0.770. The molecule has 0 aliphatic carbocycles. The normalized spacial score (nSPS) is 24.6. The van der Waals surface area contributed by atoms with E-state index in [-0.39, 0.29) is 6.17 Å². The third-order valence-corrected chi connectivity index (χ3v) is 2.06. The fourth-order valence-corrected chi connectivity index (χ4v) is 1.51. The number of nitrogens with zero attached hydrogens (tertiary/aromatic N) is 2. The number of carboxylic acid groups (broad SMARTS) is 1. The molecule has 1 rings (SSSR count). The van der Waals surface area contributed by atoms with Crippen LogP contribution in [0.4, 0.5) is 4.79 Å². The lowest BCUT2D eigenvalue weighted by Crippen LogP contribution is -2.43. The van der Waals surface area contributed by atoms with Crippen molar-refractivity contribution in [1.29, 1.82) is 0 Å². The quantitative estimate of drug-likeness (QED) is 0.609. The van der Waals surface area contributed by atoms with E-state index in [1.165, 1.54) is 4.90 Å². The Kier molecular flexibility index (Phi) is 2.34. The average Bonchev–Trinajstić information content (AvgIpc) is 2.32. The summed E-state index contributed by atoms with van der Waals surface area (Å²) >= 11 is 0. The van der Waals surface area contributed by atoms with Gasteiger partial charge in [-0.05, 0) is 26.9 Å². The summed E-state index contributed by atoms with van der Waals surface area (Å²) in [7, 11) is 3.82. The van der Waals surface area contributed by atoms with Crippen LogP contribution in [0, 0.1) is 0 Å². The van der Waals surface area contributed by atoms with Crippen LogP contribution in [0.5, 0.6) is 0 Å². The van der Waals surface area contributed by atoms with Gasteiger partial charge in [0, 0.05) is 6.54 Å². The summed E-state index contributed by atoms with van der Waals surface area (Å²) in [6, 6.07) is 0. The van der Waals surface area contributed by atoms with Crippen molar-refractivity contribution in [3.05, 3.63) is 0 Å². The van der Waals surface area contributed by atoms with Gasteiger partial charge in [0.05, 0.1) is 6.17 Å². The number of likely N-dealkylation sites (tertiary alicyclic amines) is 1. The van der Waals surface area contributed by atoms with Gasteiger partial charge in [-0.15, -0.1) is 0 Å². The maximum absolute atomic E-state index is 10.6. The minimum atomic E-state index is -0.804. The molecule has 1 atom stereocenters. The first kappa shape index (κ1) is 8.33. The number of hydrogen-bond donors (Lipinski definition) is 1. The standard InChI is InChI=1S/C7H14N2O2/c1-8(2)6-4-3-5-9(6)7(10)11/h6H,3-5H2,1-2H3,(H,10,11)/t6-/m1/s1. The van der Waals surface area contributed by atoms with Crippen molar-refractivity contribution in [3.63, 3.8) is 0 Å². The molecule has 0 unspecified atom stereocenters. The van der Waals surface area contributed by atoms with E-state index >= 15 is 0 Å². The van der Waals surface area contributed by atoms with Gasteiger partial charge in [0.1, 0.15) is 0 Å². The van der Waals surface area contributed by atoms with Crippen molar-refractivity contribution < 1.29 is 9.90 Å². The molecule has 0 bridgehead atoms. The van der Waals surface area contributed by atoms with Crippen LogP contribution in [0.15, 0.2) is 0 Å². The van der Waals surface area contributed by atoms with Crippen molar-refractivity contribution in [2.45, 2.75) is 19.0 Å². The second-order valence-corrected chi connectivity index (χ2v) is 3.06. The highest BCUT2D eigenvalue weighted by atomic mass is 16.4. The molecule has 1 fully saturated rings. The summed E-state index contributed by atoms with van der Waals surface area (Å²) < 4.78 is 0. The van der Waals surface area contributed by atoms with E-state index in [0.717, 1.165) is 12.8 Å². The van der Waals surface area contributed by atoms with E-state index < -0.39 is 6.09 Å². The van der Waals surface area contributed by atoms with Crippen LogP contribution in [0.1, 0.15) is 12.8 Å². The van der Waals surface area contributed by atoms with Crippen LogP contribution in [-0.4, -0.2) is 47.8 Å². The molecule has 1 N–H and O–H groups in total. The summed E-state index contributed by atoms with van der Waals surface area (Å²) in [6.45, 7) is 0.679. The molecule has 1 amide bonds. The Balaban J connectivity index is 2.58.